The summed E-state index contributed by atoms with van der Waals surface area (Å²) in [6.45, 7) is 5.12. The molecule has 2 unspecified atom stereocenters. The van der Waals surface area contributed by atoms with Crippen molar-refractivity contribution in [1.82, 2.24) is 19.6 Å². The lowest BCUT2D eigenvalue weighted by molar-refractivity contribution is 0.227. The van der Waals surface area contributed by atoms with Gasteiger partial charge in [0.15, 0.2) is 5.03 Å². The third-order valence-electron chi connectivity index (χ3n) is 3.80. The fourth-order valence-electron chi connectivity index (χ4n) is 2.55. The van der Waals surface area contributed by atoms with E-state index in [1.165, 1.54) is 6.20 Å². The molecule has 2 rings (SSSR count). The van der Waals surface area contributed by atoms with E-state index >= 15 is 0 Å². The van der Waals surface area contributed by atoms with Crippen LogP contribution in [0.25, 0.3) is 0 Å². The van der Waals surface area contributed by atoms with Gasteiger partial charge in [-0.3, -0.25) is 0 Å². The third-order valence-corrected chi connectivity index (χ3v) is 5.57. The number of hydrogen-bond acceptors (Lipinski definition) is 4. The van der Waals surface area contributed by atoms with Gasteiger partial charge >= 0.3 is 0 Å². The molecule has 2 atom stereocenters. The van der Waals surface area contributed by atoms with E-state index in [0.29, 0.717) is 37.3 Å². The van der Waals surface area contributed by atoms with Crippen LogP contribution < -0.4 is 5.32 Å². The first-order valence-corrected chi connectivity index (χ1v) is 8.14. The maximum atomic E-state index is 12.5. The molecular weight excluding hydrogens is 264 g/mol. The predicted molar refractivity (Wildman–Crippen MR) is 73.4 cm³/mol. The van der Waals surface area contributed by atoms with Gasteiger partial charge in [0.05, 0.1) is 6.20 Å². The predicted octanol–water partition coefficient (Wildman–Crippen LogP) is 0.591. The number of sulfonamides is 1. The van der Waals surface area contributed by atoms with Gasteiger partial charge in [0.1, 0.15) is 5.82 Å². The summed E-state index contributed by atoms with van der Waals surface area (Å²) in [5.41, 5.74) is 0. The Morgan fingerprint density at radius 1 is 1.58 bits per heavy atom. The highest BCUT2D eigenvalue weighted by Crippen LogP contribution is 2.22. The van der Waals surface area contributed by atoms with Crippen LogP contribution in [0.2, 0.25) is 0 Å². The van der Waals surface area contributed by atoms with Gasteiger partial charge in [0.2, 0.25) is 0 Å². The van der Waals surface area contributed by atoms with Crippen molar-refractivity contribution in [2.75, 3.05) is 20.1 Å². The molecule has 0 radical (unpaired) electrons. The molecule has 2 heterocycles. The summed E-state index contributed by atoms with van der Waals surface area (Å²) in [6.07, 6.45) is 2.96. The highest BCUT2D eigenvalue weighted by molar-refractivity contribution is 7.89. The lowest BCUT2D eigenvalue weighted by Gasteiger charge is -2.35. The minimum Gasteiger partial charge on any atom is -0.332 e. The van der Waals surface area contributed by atoms with Gasteiger partial charge in [-0.1, -0.05) is 13.8 Å². The first-order chi connectivity index (χ1) is 8.98. The van der Waals surface area contributed by atoms with Crippen molar-refractivity contribution >= 4 is 10.0 Å². The highest BCUT2D eigenvalue weighted by Gasteiger charge is 2.33. The second-order valence-electron chi connectivity index (χ2n) is 5.07. The fraction of sp³-hybridized carbons (Fsp3) is 0.750. The first kappa shape index (κ1) is 14.5. The lowest BCUT2D eigenvalue weighted by Crippen LogP contribution is -2.49. The van der Waals surface area contributed by atoms with Crippen LogP contribution in [0, 0.1) is 5.92 Å². The van der Waals surface area contributed by atoms with Crippen LogP contribution in [0.1, 0.15) is 26.1 Å². The van der Waals surface area contributed by atoms with Crippen LogP contribution in [0.4, 0.5) is 0 Å². The largest absolute Gasteiger partial charge is 0.332 e. The fourth-order valence-corrected chi connectivity index (χ4v) is 4.04. The summed E-state index contributed by atoms with van der Waals surface area (Å²) < 4.78 is 26.5. The van der Waals surface area contributed by atoms with Crippen molar-refractivity contribution in [3.8, 4) is 0 Å². The van der Waals surface area contributed by atoms with Gasteiger partial charge in [-0.15, -0.1) is 0 Å². The maximum Gasteiger partial charge on any atom is 0.260 e. The molecule has 7 heteroatoms. The molecule has 0 aliphatic carbocycles. The lowest BCUT2D eigenvalue weighted by atomic mass is 9.96. The van der Waals surface area contributed by atoms with Gasteiger partial charge < -0.3 is 10.3 Å². The Labute approximate surface area is 114 Å². The maximum absolute atomic E-state index is 12.5. The molecule has 1 aliphatic rings. The molecule has 1 fully saturated rings. The smallest absolute Gasteiger partial charge is 0.260 e. The van der Waals surface area contributed by atoms with E-state index in [9.17, 15) is 8.42 Å². The Morgan fingerprint density at radius 3 is 2.84 bits per heavy atom. The number of aryl methyl sites for hydroxylation is 1. The molecule has 1 aliphatic heterocycles. The van der Waals surface area contributed by atoms with Crippen LogP contribution in [0.3, 0.4) is 0 Å². The first-order valence-electron chi connectivity index (χ1n) is 6.70. The number of hydrogen-bond donors (Lipinski definition) is 2. The zero-order chi connectivity index (χ0) is 14.0. The third kappa shape index (κ3) is 2.82. The topological polar surface area (TPSA) is 78.1 Å². The van der Waals surface area contributed by atoms with Crippen molar-refractivity contribution in [2.45, 2.75) is 37.8 Å². The number of aromatic nitrogens is 2. The average molecular weight is 286 g/mol. The van der Waals surface area contributed by atoms with Crippen LogP contribution in [0.15, 0.2) is 11.2 Å². The Hall–Kier alpha value is -0.920. The molecule has 0 amide bonds. The molecule has 1 aromatic heterocycles. The van der Waals surface area contributed by atoms with Crippen LogP contribution >= 0.6 is 0 Å². The van der Waals surface area contributed by atoms with Crippen molar-refractivity contribution in [3.05, 3.63) is 12.0 Å². The van der Waals surface area contributed by atoms with Crippen LogP contribution in [0.5, 0.6) is 0 Å². The Morgan fingerprint density at radius 2 is 2.32 bits per heavy atom. The van der Waals surface area contributed by atoms with E-state index in [4.69, 9.17) is 0 Å². The summed E-state index contributed by atoms with van der Waals surface area (Å²) >= 11 is 0. The summed E-state index contributed by atoms with van der Waals surface area (Å²) in [6, 6.07) is 0.388. The summed E-state index contributed by atoms with van der Waals surface area (Å²) in [5.74, 6) is 1.01. The number of nitrogens with zero attached hydrogens (tertiary/aromatic N) is 2. The Balaban J connectivity index is 2.17. The van der Waals surface area contributed by atoms with E-state index in [2.05, 4.69) is 22.2 Å². The molecular formula is C12H22N4O2S. The Kier molecular flexibility index (Phi) is 4.27. The van der Waals surface area contributed by atoms with Gasteiger partial charge in [-0.2, -0.15) is 4.31 Å². The molecule has 0 saturated carbocycles. The second-order valence-corrected chi connectivity index (χ2v) is 6.98. The molecule has 19 heavy (non-hydrogen) atoms. The van der Waals surface area contributed by atoms with Gasteiger partial charge in [-0.25, -0.2) is 13.4 Å². The molecule has 0 aromatic carbocycles. The highest BCUT2D eigenvalue weighted by atomic mass is 32.2. The molecule has 108 valence electrons. The number of nitrogens with one attached hydrogen (secondary N) is 2. The van der Waals surface area contributed by atoms with Crippen molar-refractivity contribution in [2.24, 2.45) is 5.92 Å². The van der Waals surface area contributed by atoms with E-state index in [0.717, 1.165) is 6.42 Å². The van der Waals surface area contributed by atoms with Crippen molar-refractivity contribution in [3.63, 3.8) is 0 Å². The van der Waals surface area contributed by atoms with Gasteiger partial charge in [0.25, 0.3) is 10.0 Å². The standard InChI is InChI=1S/C12H22N4O2S/c1-4-11-14-7-12(15-11)19(17,18)16-6-5-10(13-3)9(2)8-16/h7,9-10,13H,4-6,8H2,1-3H3,(H,14,15). The van der Waals surface area contributed by atoms with E-state index in [1.54, 1.807) is 4.31 Å². The van der Waals surface area contributed by atoms with Crippen LogP contribution in [-0.4, -0.2) is 48.9 Å². The molecule has 1 saturated heterocycles. The molecule has 6 nitrogen and oxygen atoms in total. The Bertz CT molecular complexity index is 526. The summed E-state index contributed by atoms with van der Waals surface area (Å²) in [7, 11) is -1.50. The number of piperidine rings is 1. The van der Waals surface area contributed by atoms with E-state index < -0.39 is 10.0 Å². The van der Waals surface area contributed by atoms with Crippen molar-refractivity contribution < 1.29 is 8.42 Å². The van der Waals surface area contributed by atoms with E-state index in [1.807, 2.05) is 14.0 Å². The zero-order valence-electron chi connectivity index (χ0n) is 11.7. The molecule has 0 bridgehead atoms. The van der Waals surface area contributed by atoms with E-state index in [-0.39, 0.29) is 5.03 Å². The quantitative estimate of drug-likeness (QED) is 0.849. The number of H-pyrrole nitrogens is 1. The average Bonchev–Trinajstić information content (AvgIpc) is 2.88. The van der Waals surface area contributed by atoms with Gasteiger partial charge in [-0.05, 0) is 19.4 Å². The number of aromatic amines is 1. The SMILES string of the molecule is CCc1ncc(S(=O)(=O)N2CCC(NC)C(C)C2)[nH]1. The number of imidazole rings is 1. The summed E-state index contributed by atoms with van der Waals surface area (Å²) in [4.78, 5) is 6.96. The number of rotatable bonds is 4. The monoisotopic (exact) mass is 286 g/mol. The zero-order valence-corrected chi connectivity index (χ0v) is 12.5. The normalized spacial score (nSPS) is 25.6. The summed E-state index contributed by atoms with van der Waals surface area (Å²) in [5, 5.41) is 3.44. The molecule has 0 spiro atoms. The van der Waals surface area contributed by atoms with Gasteiger partial charge in [0, 0.05) is 25.6 Å². The minimum absolute atomic E-state index is 0.208. The molecule has 1 aromatic rings. The van der Waals surface area contributed by atoms with Crippen LogP contribution in [-0.2, 0) is 16.4 Å². The molecule has 2 N–H and O–H groups in total. The minimum atomic E-state index is -3.43. The van der Waals surface area contributed by atoms with Crippen molar-refractivity contribution in [1.29, 1.82) is 0 Å². The second kappa shape index (κ2) is 5.60.